The Morgan fingerprint density at radius 2 is 0.725 bits per heavy atom. The largest absolute Gasteiger partial charge is 0.135 e. The molecular formula is C50H30S. The van der Waals surface area contributed by atoms with Crippen LogP contribution >= 0.6 is 11.3 Å². The van der Waals surface area contributed by atoms with Crippen molar-refractivity contribution < 1.29 is 0 Å². The van der Waals surface area contributed by atoms with Crippen LogP contribution < -0.4 is 0 Å². The summed E-state index contributed by atoms with van der Waals surface area (Å²) in [4.78, 5) is 0. The Hall–Kier alpha value is -6.28. The maximum atomic E-state index is 2.38. The maximum absolute atomic E-state index is 2.38. The molecule has 0 nitrogen and oxygen atoms in total. The number of rotatable bonds is 3. The van der Waals surface area contributed by atoms with E-state index in [9.17, 15) is 0 Å². The third-order valence-corrected chi connectivity index (χ3v) is 11.9. The molecule has 0 fully saturated rings. The Morgan fingerprint density at radius 3 is 1.39 bits per heavy atom. The normalized spacial score (nSPS) is 11.9. The van der Waals surface area contributed by atoms with Crippen molar-refractivity contribution in [3.8, 4) is 33.4 Å². The van der Waals surface area contributed by atoms with E-state index < -0.39 is 0 Å². The minimum atomic E-state index is 1.23. The van der Waals surface area contributed by atoms with Crippen molar-refractivity contribution in [2.75, 3.05) is 0 Å². The molecule has 0 radical (unpaired) electrons. The van der Waals surface area contributed by atoms with Crippen LogP contribution in [0.4, 0.5) is 0 Å². The summed E-state index contributed by atoms with van der Waals surface area (Å²) in [7, 11) is 0. The number of benzene rings is 10. The molecule has 11 aromatic rings. The van der Waals surface area contributed by atoms with Gasteiger partial charge in [-0.2, -0.15) is 0 Å². The second-order valence-electron chi connectivity index (χ2n) is 13.7. The SMILES string of the molecule is c1ccc2cc3c(cc2c1)sc1cc2cc(-c4ccc(-c5c6ccccc6c(-c6cccc7ccccc67)c6ccccc56)cc4)ccc2cc13. The molecule has 1 aromatic heterocycles. The second kappa shape index (κ2) is 11.1. The molecule has 1 heteroatoms. The molecule has 0 saturated carbocycles. The van der Waals surface area contributed by atoms with E-state index >= 15 is 0 Å². The van der Waals surface area contributed by atoms with Crippen molar-refractivity contribution in [3.05, 3.63) is 182 Å². The van der Waals surface area contributed by atoms with Crippen molar-refractivity contribution in [3.63, 3.8) is 0 Å². The van der Waals surface area contributed by atoms with Gasteiger partial charge < -0.3 is 0 Å². The predicted molar refractivity (Wildman–Crippen MR) is 223 cm³/mol. The van der Waals surface area contributed by atoms with E-state index in [1.807, 2.05) is 11.3 Å². The van der Waals surface area contributed by atoms with Gasteiger partial charge in [0.05, 0.1) is 0 Å². The fourth-order valence-electron chi connectivity index (χ4n) is 8.39. The molecule has 0 bridgehead atoms. The zero-order chi connectivity index (χ0) is 33.5. The summed E-state index contributed by atoms with van der Waals surface area (Å²) < 4.78 is 2.69. The van der Waals surface area contributed by atoms with Gasteiger partial charge in [-0.1, -0.05) is 152 Å². The third kappa shape index (κ3) is 4.45. The van der Waals surface area contributed by atoms with Gasteiger partial charge >= 0.3 is 0 Å². The highest BCUT2D eigenvalue weighted by atomic mass is 32.1. The summed E-state index contributed by atoms with van der Waals surface area (Å²) in [5.41, 5.74) is 7.56. The van der Waals surface area contributed by atoms with Crippen LogP contribution in [-0.4, -0.2) is 0 Å². The first-order valence-corrected chi connectivity index (χ1v) is 18.4. The van der Waals surface area contributed by atoms with E-state index in [1.165, 1.54) is 107 Å². The number of hydrogen-bond acceptors (Lipinski definition) is 1. The summed E-state index contributed by atoms with van der Waals surface area (Å²) >= 11 is 1.89. The maximum Gasteiger partial charge on any atom is 0.0361 e. The third-order valence-electron chi connectivity index (χ3n) is 10.8. The first kappa shape index (κ1) is 28.5. The Kier molecular flexibility index (Phi) is 6.22. The molecule has 11 rings (SSSR count). The highest BCUT2D eigenvalue weighted by Crippen LogP contribution is 2.46. The van der Waals surface area contributed by atoms with Gasteiger partial charge in [0.2, 0.25) is 0 Å². The summed E-state index contributed by atoms with van der Waals surface area (Å²) in [5.74, 6) is 0. The van der Waals surface area contributed by atoms with Crippen molar-refractivity contribution in [2.24, 2.45) is 0 Å². The molecule has 0 aliphatic carbocycles. The number of thiophene rings is 1. The fourth-order valence-corrected chi connectivity index (χ4v) is 9.55. The van der Waals surface area contributed by atoms with E-state index in [4.69, 9.17) is 0 Å². The van der Waals surface area contributed by atoms with Crippen LogP contribution in [0.15, 0.2) is 182 Å². The first-order chi connectivity index (χ1) is 25.3. The molecule has 236 valence electrons. The molecule has 0 N–H and O–H groups in total. The Labute approximate surface area is 299 Å². The lowest BCUT2D eigenvalue weighted by Gasteiger charge is -2.19. The molecule has 0 spiro atoms. The van der Waals surface area contributed by atoms with E-state index in [2.05, 4.69) is 182 Å². The molecule has 0 unspecified atom stereocenters. The van der Waals surface area contributed by atoms with E-state index in [-0.39, 0.29) is 0 Å². The molecular weight excluding hydrogens is 633 g/mol. The summed E-state index contributed by atoms with van der Waals surface area (Å²) in [6, 6.07) is 67.5. The molecule has 0 saturated heterocycles. The van der Waals surface area contributed by atoms with Crippen LogP contribution in [0.2, 0.25) is 0 Å². The van der Waals surface area contributed by atoms with Crippen LogP contribution in [0.3, 0.4) is 0 Å². The highest BCUT2D eigenvalue weighted by molar-refractivity contribution is 7.26. The quantitative estimate of drug-likeness (QED) is 0.165. The van der Waals surface area contributed by atoms with Gasteiger partial charge in [0.15, 0.2) is 0 Å². The fraction of sp³-hybridized carbons (Fsp3) is 0. The number of hydrogen-bond donors (Lipinski definition) is 0. The van der Waals surface area contributed by atoms with Gasteiger partial charge in [-0.15, -0.1) is 11.3 Å². The molecule has 0 amide bonds. The van der Waals surface area contributed by atoms with Gasteiger partial charge in [0.1, 0.15) is 0 Å². The second-order valence-corrected chi connectivity index (χ2v) is 14.7. The molecule has 51 heavy (non-hydrogen) atoms. The predicted octanol–water partition coefficient (Wildman–Crippen LogP) is 14.8. The monoisotopic (exact) mass is 662 g/mol. The number of fused-ring (bicyclic) bond motifs is 8. The van der Waals surface area contributed by atoms with Gasteiger partial charge in [-0.25, -0.2) is 0 Å². The van der Waals surface area contributed by atoms with Crippen LogP contribution in [0.5, 0.6) is 0 Å². The van der Waals surface area contributed by atoms with Crippen LogP contribution in [0.1, 0.15) is 0 Å². The molecule has 0 aliphatic heterocycles. The smallest absolute Gasteiger partial charge is 0.0361 e. The van der Waals surface area contributed by atoms with Crippen LogP contribution in [0.25, 0.3) is 107 Å². The van der Waals surface area contributed by atoms with Crippen LogP contribution in [0, 0.1) is 0 Å². The lowest BCUT2D eigenvalue weighted by Crippen LogP contribution is -1.91. The average Bonchev–Trinajstić information content (AvgIpc) is 3.53. The topological polar surface area (TPSA) is 0 Å². The standard InChI is InChI=1S/C50H30S/c1-2-12-35-29-47-45(27-34(35)11-1)46-28-37-25-24-36(26-38(37)30-48(46)51-47)31-20-22-33(23-21-31)49-41-15-5-7-17-43(41)50(44-18-8-6-16-42(44)49)40-19-9-13-32-10-3-4-14-39(32)40/h1-30H. The zero-order valence-electron chi connectivity index (χ0n) is 27.7. The first-order valence-electron chi connectivity index (χ1n) is 17.6. The Balaban J connectivity index is 1.04. The summed E-state index contributed by atoms with van der Waals surface area (Å²) in [6.07, 6.45) is 0. The van der Waals surface area contributed by atoms with Crippen molar-refractivity contribution in [1.82, 2.24) is 0 Å². The van der Waals surface area contributed by atoms with Crippen LogP contribution in [-0.2, 0) is 0 Å². The van der Waals surface area contributed by atoms with E-state index in [1.54, 1.807) is 0 Å². The van der Waals surface area contributed by atoms with Gasteiger partial charge in [0, 0.05) is 20.2 Å². The highest BCUT2D eigenvalue weighted by Gasteiger charge is 2.18. The minimum Gasteiger partial charge on any atom is -0.135 e. The van der Waals surface area contributed by atoms with Gasteiger partial charge in [0.25, 0.3) is 0 Å². The molecule has 0 atom stereocenters. The van der Waals surface area contributed by atoms with Gasteiger partial charge in [-0.05, 0) is 118 Å². The molecule has 10 aromatic carbocycles. The minimum absolute atomic E-state index is 1.23. The Morgan fingerprint density at radius 1 is 0.255 bits per heavy atom. The van der Waals surface area contributed by atoms with E-state index in [0.717, 1.165) is 0 Å². The van der Waals surface area contributed by atoms with E-state index in [0.29, 0.717) is 0 Å². The lowest BCUT2D eigenvalue weighted by atomic mass is 9.84. The summed E-state index contributed by atoms with van der Waals surface area (Å²) in [6.45, 7) is 0. The lowest BCUT2D eigenvalue weighted by molar-refractivity contribution is 1.63. The van der Waals surface area contributed by atoms with Gasteiger partial charge in [-0.3, -0.25) is 0 Å². The zero-order valence-corrected chi connectivity index (χ0v) is 28.5. The van der Waals surface area contributed by atoms with Crippen molar-refractivity contribution in [1.29, 1.82) is 0 Å². The summed E-state index contributed by atoms with van der Waals surface area (Å²) in [5, 5.41) is 15.5. The van der Waals surface area contributed by atoms with Crippen molar-refractivity contribution in [2.45, 2.75) is 0 Å². The van der Waals surface area contributed by atoms with Crippen molar-refractivity contribution >= 4 is 85.4 Å². The average molecular weight is 663 g/mol. The molecule has 0 aliphatic rings. The Bertz CT molecular complexity index is 3120. The molecule has 1 heterocycles.